The highest BCUT2D eigenvalue weighted by atomic mass is 16.3. The summed E-state index contributed by atoms with van der Waals surface area (Å²) in [6.45, 7) is 1.49. The second-order valence-corrected chi connectivity index (χ2v) is 4.44. The molecule has 0 bridgehead atoms. The van der Waals surface area contributed by atoms with Gasteiger partial charge in [0.15, 0.2) is 0 Å². The predicted molar refractivity (Wildman–Crippen MR) is 52.4 cm³/mol. The largest absolute Gasteiger partial charge is 0.395 e. The Balaban J connectivity index is 1.92. The zero-order valence-corrected chi connectivity index (χ0v) is 8.15. The minimum Gasteiger partial charge on any atom is -0.395 e. The van der Waals surface area contributed by atoms with Crippen LogP contribution in [0.4, 0.5) is 0 Å². The molecule has 0 amide bonds. The summed E-state index contributed by atoms with van der Waals surface area (Å²) in [6, 6.07) is 1.50. The van der Waals surface area contributed by atoms with Crippen LogP contribution in [0.2, 0.25) is 0 Å². The Bertz CT molecular complexity index is 174. The first kappa shape index (κ1) is 9.44. The summed E-state index contributed by atoms with van der Waals surface area (Å²) >= 11 is 0. The van der Waals surface area contributed by atoms with Crippen molar-refractivity contribution in [3.05, 3.63) is 0 Å². The summed E-state index contributed by atoms with van der Waals surface area (Å²) < 4.78 is 0. The van der Waals surface area contributed by atoms with Gasteiger partial charge in [0.25, 0.3) is 0 Å². The van der Waals surface area contributed by atoms with Crippen molar-refractivity contribution in [1.82, 2.24) is 4.90 Å². The fraction of sp³-hybridized carbons (Fsp3) is 1.00. The average Bonchev–Trinajstić information content (AvgIpc) is 2.71. The van der Waals surface area contributed by atoms with Crippen LogP contribution in [0.1, 0.15) is 32.1 Å². The molecule has 2 rings (SSSR count). The van der Waals surface area contributed by atoms with Crippen LogP contribution in [0.15, 0.2) is 0 Å². The van der Waals surface area contributed by atoms with Gasteiger partial charge in [-0.15, -0.1) is 0 Å². The molecule has 3 nitrogen and oxygen atoms in total. The van der Waals surface area contributed by atoms with Crippen molar-refractivity contribution in [3.63, 3.8) is 0 Å². The smallest absolute Gasteiger partial charge is 0.0586 e. The van der Waals surface area contributed by atoms with Gasteiger partial charge < -0.3 is 10.8 Å². The third-order valence-corrected chi connectivity index (χ3v) is 3.55. The molecule has 13 heavy (non-hydrogen) atoms. The van der Waals surface area contributed by atoms with Gasteiger partial charge in [0, 0.05) is 18.1 Å². The van der Waals surface area contributed by atoms with Crippen LogP contribution in [0, 0.1) is 0 Å². The Morgan fingerprint density at radius 1 is 1.31 bits per heavy atom. The highest BCUT2D eigenvalue weighted by molar-refractivity contribution is 4.90. The standard InChI is InChI=1S/C10H20N2O/c11-8-3-4-9(6-8)12-5-1-2-10(12)7-13/h8-10,13H,1-7,11H2/t8?,9?,10-/m0/s1. The summed E-state index contributed by atoms with van der Waals surface area (Å²) in [4.78, 5) is 2.48. The number of nitrogens with zero attached hydrogens (tertiary/aromatic N) is 1. The van der Waals surface area contributed by atoms with Crippen LogP contribution in [-0.4, -0.2) is 41.3 Å². The van der Waals surface area contributed by atoms with E-state index in [1.165, 1.54) is 32.2 Å². The molecule has 76 valence electrons. The minimum atomic E-state index is 0.325. The lowest BCUT2D eigenvalue weighted by Gasteiger charge is -2.29. The highest BCUT2D eigenvalue weighted by Crippen LogP contribution is 2.29. The lowest BCUT2D eigenvalue weighted by Crippen LogP contribution is -2.40. The van der Waals surface area contributed by atoms with E-state index in [0.29, 0.717) is 24.7 Å². The predicted octanol–water partition coefficient (Wildman–Crippen LogP) is 0.323. The fourth-order valence-electron chi connectivity index (χ4n) is 2.83. The second-order valence-electron chi connectivity index (χ2n) is 4.44. The SMILES string of the molecule is NC1CCC(N2CCC[C@H]2CO)C1. The normalized spacial score (nSPS) is 41.5. The van der Waals surface area contributed by atoms with Crippen molar-refractivity contribution < 1.29 is 5.11 Å². The Kier molecular flexibility index (Phi) is 2.86. The first-order valence-corrected chi connectivity index (χ1v) is 5.43. The molecule has 1 aliphatic heterocycles. The number of hydrogen-bond donors (Lipinski definition) is 2. The summed E-state index contributed by atoms with van der Waals surface area (Å²) in [5.41, 5.74) is 5.89. The Hall–Kier alpha value is -0.120. The first-order chi connectivity index (χ1) is 6.31. The van der Waals surface area contributed by atoms with Crippen molar-refractivity contribution in [1.29, 1.82) is 0 Å². The van der Waals surface area contributed by atoms with E-state index in [2.05, 4.69) is 4.90 Å². The lowest BCUT2D eigenvalue weighted by atomic mass is 10.1. The van der Waals surface area contributed by atoms with E-state index in [4.69, 9.17) is 5.73 Å². The molecule has 2 unspecified atom stereocenters. The van der Waals surface area contributed by atoms with Crippen molar-refractivity contribution in [2.75, 3.05) is 13.2 Å². The highest BCUT2D eigenvalue weighted by Gasteiger charge is 2.33. The molecule has 3 heteroatoms. The van der Waals surface area contributed by atoms with E-state index in [-0.39, 0.29) is 0 Å². The Morgan fingerprint density at radius 2 is 2.15 bits per heavy atom. The van der Waals surface area contributed by atoms with Crippen molar-refractivity contribution in [3.8, 4) is 0 Å². The van der Waals surface area contributed by atoms with Gasteiger partial charge in [-0.05, 0) is 38.6 Å². The summed E-state index contributed by atoms with van der Waals surface area (Å²) in [6.07, 6.45) is 5.95. The third kappa shape index (κ3) is 1.87. The lowest BCUT2D eigenvalue weighted by molar-refractivity contribution is 0.120. The number of likely N-dealkylation sites (tertiary alicyclic amines) is 1. The van der Waals surface area contributed by atoms with Gasteiger partial charge in [-0.3, -0.25) is 4.90 Å². The number of aliphatic hydroxyl groups is 1. The van der Waals surface area contributed by atoms with E-state index in [9.17, 15) is 5.11 Å². The number of nitrogens with two attached hydrogens (primary N) is 1. The molecule has 0 spiro atoms. The zero-order valence-electron chi connectivity index (χ0n) is 8.15. The summed E-state index contributed by atoms with van der Waals surface area (Å²) in [5, 5.41) is 9.19. The second kappa shape index (κ2) is 3.95. The van der Waals surface area contributed by atoms with Crippen molar-refractivity contribution in [2.24, 2.45) is 5.73 Å². The summed E-state index contributed by atoms with van der Waals surface area (Å²) in [5.74, 6) is 0. The van der Waals surface area contributed by atoms with E-state index >= 15 is 0 Å². The molecule has 1 heterocycles. The maximum absolute atomic E-state index is 9.19. The molecule has 0 aromatic carbocycles. The van der Waals surface area contributed by atoms with Gasteiger partial charge >= 0.3 is 0 Å². The van der Waals surface area contributed by atoms with Gasteiger partial charge in [0.05, 0.1) is 6.61 Å². The van der Waals surface area contributed by atoms with E-state index < -0.39 is 0 Å². The maximum atomic E-state index is 9.19. The van der Waals surface area contributed by atoms with Gasteiger partial charge in [-0.2, -0.15) is 0 Å². The van der Waals surface area contributed by atoms with E-state index in [1.807, 2.05) is 0 Å². The third-order valence-electron chi connectivity index (χ3n) is 3.55. The maximum Gasteiger partial charge on any atom is 0.0586 e. The van der Waals surface area contributed by atoms with Gasteiger partial charge in [0.2, 0.25) is 0 Å². The number of hydrogen-bond acceptors (Lipinski definition) is 3. The molecular formula is C10H20N2O. The molecule has 0 radical (unpaired) electrons. The molecule has 3 atom stereocenters. The van der Waals surface area contributed by atoms with Crippen LogP contribution >= 0.6 is 0 Å². The molecule has 1 saturated heterocycles. The summed E-state index contributed by atoms with van der Waals surface area (Å²) in [7, 11) is 0. The minimum absolute atomic E-state index is 0.325. The van der Waals surface area contributed by atoms with Crippen LogP contribution < -0.4 is 5.73 Å². The van der Waals surface area contributed by atoms with Crippen molar-refractivity contribution in [2.45, 2.75) is 50.2 Å². The Labute approximate surface area is 79.9 Å². The zero-order chi connectivity index (χ0) is 9.26. The monoisotopic (exact) mass is 184 g/mol. The fourth-order valence-corrected chi connectivity index (χ4v) is 2.83. The molecule has 3 N–H and O–H groups in total. The van der Waals surface area contributed by atoms with E-state index in [0.717, 1.165) is 6.42 Å². The molecule has 0 aromatic rings. The van der Waals surface area contributed by atoms with Crippen LogP contribution in [0.5, 0.6) is 0 Å². The van der Waals surface area contributed by atoms with Gasteiger partial charge in [-0.25, -0.2) is 0 Å². The molecular weight excluding hydrogens is 164 g/mol. The van der Waals surface area contributed by atoms with Gasteiger partial charge in [0.1, 0.15) is 0 Å². The topological polar surface area (TPSA) is 49.5 Å². The van der Waals surface area contributed by atoms with Crippen molar-refractivity contribution >= 4 is 0 Å². The van der Waals surface area contributed by atoms with Crippen LogP contribution in [0.25, 0.3) is 0 Å². The Morgan fingerprint density at radius 3 is 2.77 bits per heavy atom. The van der Waals surface area contributed by atoms with Crippen LogP contribution in [0.3, 0.4) is 0 Å². The number of rotatable bonds is 2. The van der Waals surface area contributed by atoms with Gasteiger partial charge in [-0.1, -0.05) is 0 Å². The number of aliphatic hydroxyl groups excluding tert-OH is 1. The molecule has 2 fully saturated rings. The first-order valence-electron chi connectivity index (χ1n) is 5.43. The van der Waals surface area contributed by atoms with Crippen LogP contribution in [-0.2, 0) is 0 Å². The molecule has 0 aromatic heterocycles. The quantitative estimate of drug-likeness (QED) is 0.650. The van der Waals surface area contributed by atoms with E-state index in [1.54, 1.807) is 0 Å². The molecule has 2 aliphatic rings. The molecule has 1 aliphatic carbocycles. The molecule has 1 saturated carbocycles. The average molecular weight is 184 g/mol.